The first kappa shape index (κ1) is 20.8. The third-order valence-corrected chi connectivity index (χ3v) is 4.50. The Morgan fingerprint density at radius 2 is 1.47 bits per heavy atom. The number of anilines is 1. The molecule has 0 aliphatic carbocycles. The summed E-state index contributed by atoms with van der Waals surface area (Å²) in [6.07, 6.45) is 0. The third-order valence-electron chi connectivity index (χ3n) is 4.50. The molecule has 0 saturated heterocycles. The fourth-order valence-electron chi connectivity index (χ4n) is 2.87. The molecule has 0 aromatic heterocycles. The molecule has 3 aromatic rings. The van der Waals surface area contributed by atoms with Crippen molar-refractivity contribution in [2.24, 2.45) is 0 Å². The van der Waals surface area contributed by atoms with E-state index in [2.05, 4.69) is 5.32 Å². The van der Waals surface area contributed by atoms with Crippen LogP contribution in [0.5, 0.6) is 5.75 Å². The maximum atomic E-state index is 12.9. The summed E-state index contributed by atoms with van der Waals surface area (Å²) in [5.41, 5.74) is 2.25. The van der Waals surface area contributed by atoms with Gasteiger partial charge < -0.3 is 14.8 Å². The number of aryl methyl sites for hydroxylation is 1. The van der Waals surface area contributed by atoms with Crippen molar-refractivity contribution in [2.45, 2.75) is 6.92 Å². The van der Waals surface area contributed by atoms with E-state index in [0.717, 1.165) is 5.56 Å². The zero-order valence-corrected chi connectivity index (χ0v) is 16.7. The van der Waals surface area contributed by atoms with Crippen LogP contribution in [0.1, 0.15) is 31.8 Å². The molecule has 30 heavy (non-hydrogen) atoms. The average Bonchev–Trinajstić information content (AvgIpc) is 2.78. The topological polar surface area (TPSA) is 81.7 Å². The van der Waals surface area contributed by atoms with Crippen LogP contribution in [0, 0.1) is 6.92 Å². The van der Waals surface area contributed by atoms with E-state index in [1.54, 1.807) is 54.6 Å². The number of hydrogen-bond donors (Lipinski definition) is 1. The van der Waals surface area contributed by atoms with E-state index in [0.29, 0.717) is 17.0 Å². The lowest BCUT2D eigenvalue weighted by molar-refractivity contribution is -0.119. The van der Waals surface area contributed by atoms with Crippen LogP contribution >= 0.6 is 0 Å². The molecule has 0 aliphatic rings. The number of methoxy groups -OCH3 is 1. The molecule has 0 aliphatic heterocycles. The maximum Gasteiger partial charge on any atom is 0.339 e. The number of carbonyl (C=O) groups is 3. The van der Waals surface area contributed by atoms with E-state index in [-0.39, 0.29) is 16.9 Å². The van der Waals surface area contributed by atoms with Gasteiger partial charge in [-0.25, -0.2) is 4.79 Å². The lowest BCUT2D eigenvalue weighted by Crippen LogP contribution is -2.22. The zero-order valence-electron chi connectivity index (χ0n) is 16.7. The van der Waals surface area contributed by atoms with E-state index >= 15 is 0 Å². The van der Waals surface area contributed by atoms with E-state index in [4.69, 9.17) is 9.47 Å². The molecular formula is C24H21NO5. The number of esters is 1. The van der Waals surface area contributed by atoms with Crippen LogP contribution in [0.4, 0.5) is 5.69 Å². The summed E-state index contributed by atoms with van der Waals surface area (Å²) in [7, 11) is 1.54. The number of ketones is 1. The zero-order chi connectivity index (χ0) is 21.5. The van der Waals surface area contributed by atoms with Gasteiger partial charge in [0.2, 0.25) is 0 Å². The Morgan fingerprint density at radius 1 is 0.833 bits per heavy atom. The molecule has 0 fully saturated rings. The molecule has 3 rings (SSSR count). The van der Waals surface area contributed by atoms with Gasteiger partial charge in [0.15, 0.2) is 12.4 Å². The molecule has 3 aromatic carbocycles. The molecule has 0 atom stereocenters. The maximum absolute atomic E-state index is 12.9. The first-order valence-electron chi connectivity index (χ1n) is 9.30. The highest BCUT2D eigenvalue weighted by atomic mass is 16.5. The van der Waals surface area contributed by atoms with Crippen LogP contribution in [0.3, 0.4) is 0 Å². The molecule has 0 saturated carbocycles. The first-order chi connectivity index (χ1) is 14.5. The molecule has 0 unspecified atom stereocenters. The minimum Gasteiger partial charge on any atom is -0.497 e. The van der Waals surface area contributed by atoms with Gasteiger partial charge in [0.25, 0.3) is 5.91 Å². The Labute approximate surface area is 174 Å². The van der Waals surface area contributed by atoms with Crippen molar-refractivity contribution in [2.75, 3.05) is 19.0 Å². The Balaban J connectivity index is 1.70. The Hall–Kier alpha value is -3.93. The molecule has 6 heteroatoms. The van der Waals surface area contributed by atoms with E-state index < -0.39 is 18.5 Å². The molecular weight excluding hydrogens is 382 g/mol. The number of hydrogen-bond acceptors (Lipinski definition) is 5. The van der Waals surface area contributed by atoms with Crippen molar-refractivity contribution in [3.63, 3.8) is 0 Å². The number of ether oxygens (including phenoxy) is 2. The fourth-order valence-corrected chi connectivity index (χ4v) is 2.87. The Bertz CT molecular complexity index is 1070. The van der Waals surface area contributed by atoms with Gasteiger partial charge in [0.1, 0.15) is 5.75 Å². The summed E-state index contributed by atoms with van der Waals surface area (Å²) in [4.78, 5) is 37.5. The summed E-state index contributed by atoms with van der Waals surface area (Å²) >= 11 is 0. The second kappa shape index (κ2) is 9.52. The second-order valence-corrected chi connectivity index (χ2v) is 6.54. The van der Waals surface area contributed by atoms with Crippen molar-refractivity contribution < 1.29 is 23.9 Å². The summed E-state index contributed by atoms with van der Waals surface area (Å²) in [6, 6.07) is 20.2. The van der Waals surface area contributed by atoms with Crippen LogP contribution in [0.2, 0.25) is 0 Å². The predicted molar refractivity (Wildman–Crippen MR) is 113 cm³/mol. The third kappa shape index (κ3) is 4.91. The monoisotopic (exact) mass is 403 g/mol. The largest absolute Gasteiger partial charge is 0.497 e. The number of benzene rings is 3. The number of para-hydroxylation sites is 1. The highest BCUT2D eigenvalue weighted by Crippen LogP contribution is 2.19. The molecule has 1 N–H and O–H groups in total. The number of rotatable bonds is 7. The van der Waals surface area contributed by atoms with Crippen LogP contribution in [0.25, 0.3) is 0 Å². The van der Waals surface area contributed by atoms with Gasteiger partial charge in [-0.2, -0.15) is 0 Å². The Morgan fingerprint density at radius 3 is 2.13 bits per heavy atom. The molecule has 0 heterocycles. The van der Waals surface area contributed by atoms with Crippen molar-refractivity contribution in [1.29, 1.82) is 0 Å². The number of nitrogens with one attached hydrogen (secondary N) is 1. The van der Waals surface area contributed by atoms with Gasteiger partial charge in [-0.05, 0) is 48.9 Å². The van der Waals surface area contributed by atoms with Gasteiger partial charge in [0, 0.05) is 16.8 Å². The van der Waals surface area contributed by atoms with Crippen LogP contribution in [0.15, 0.2) is 72.8 Å². The molecule has 152 valence electrons. The SMILES string of the molecule is COc1ccc(C(=O)c2ccccc2C(=O)OCC(=O)Nc2ccccc2C)cc1. The summed E-state index contributed by atoms with van der Waals surface area (Å²) in [5, 5.41) is 2.70. The van der Waals surface area contributed by atoms with Crippen molar-refractivity contribution in [1.82, 2.24) is 0 Å². The summed E-state index contributed by atoms with van der Waals surface area (Å²) in [5.74, 6) is -0.905. The normalized spacial score (nSPS) is 10.2. The molecule has 6 nitrogen and oxygen atoms in total. The lowest BCUT2D eigenvalue weighted by Gasteiger charge is -2.11. The quantitative estimate of drug-likeness (QED) is 0.476. The standard InChI is InChI=1S/C24H21NO5/c1-16-7-3-6-10-21(16)25-22(26)15-30-24(28)20-9-5-4-8-19(20)23(27)17-11-13-18(29-2)14-12-17/h3-14H,15H2,1-2H3,(H,25,26). The van der Waals surface area contributed by atoms with E-state index in [1.165, 1.54) is 13.2 Å². The first-order valence-corrected chi connectivity index (χ1v) is 9.30. The van der Waals surface area contributed by atoms with Crippen LogP contribution in [-0.4, -0.2) is 31.4 Å². The fraction of sp³-hybridized carbons (Fsp3) is 0.125. The summed E-state index contributed by atoms with van der Waals surface area (Å²) in [6.45, 7) is 1.40. The molecule has 0 radical (unpaired) electrons. The predicted octanol–water partition coefficient (Wildman–Crippen LogP) is 4.03. The van der Waals surface area contributed by atoms with Gasteiger partial charge in [-0.1, -0.05) is 36.4 Å². The smallest absolute Gasteiger partial charge is 0.339 e. The minimum absolute atomic E-state index is 0.0991. The summed E-state index contributed by atoms with van der Waals surface area (Å²) < 4.78 is 10.2. The van der Waals surface area contributed by atoms with Crippen LogP contribution in [-0.2, 0) is 9.53 Å². The van der Waals surface area contributed by atoms with Crippen molar-refractivity contribution in [3.05, 3.63) is 95.1 Å². The van der Waals surface area contributed by atoms with Gasteiger partial charge in [-0.3, -0.25) is 9.59 Å². The average molecular weight is 403 g/mol. The van der Waals surface area contributed by atoms with Gasteiger partial charge in [0.05, 0.1) is 12.7 Å². The van der Waals surface area contributed by atoms with Gasteiger partial charge >= 0.3 is 5.97 Å². The number of carbonyl (C=O) groups excluding carboxylic acids is 3. The Kier molecular flexibility index (Phi) is 6.60. The minimum atomic E-state index is -0.743. The van der Waals surface area contributed by atoms with E-state index in [1.807, 2.05) is 19.1 Å². The van der Waals surface area contributed by atoms with Gasteiger partial charge in [-0.15, -0.1) is 0 Å². The molecule has 0 spiro atoms. The van der Waals surface area contributed by atoms with E-state index in [9.17, 15) is 14.4 Å². The molecule has 0 bridgehead atoms. The van der Waals surface area contributed by atoms with Crippen molar-refractivity contribution >= 4 is 23.3 Å². The second-order valence-electron chi connectivity index (χ2n) is 6.54. The highest BCUT2D eigenvalue weighted by Gasteiger charge is 2.20. The van der Waals surface area contributed by atoms with Crippen LogP contribution < -0.4 is 10.1 Å². The lowest BCUT2D eigenvalue weighted by atomic mass is 9.98. The molecule has 1 amide bonds. The number of amides is 1. The van der Waals surface area contributed by atoms with Crippen molar-refractivity contribution in [3.8, 4) is 5.75 Å². The highest BCUT2D eigenvalue weighted by molar-refractivity contribution is 6.14.